The maximum absolute atomic E-state index is 11.4. The van der Waals surface area contributed by atoms with Gasteiger partial charge in [0.25, 0.3) is 5.78 Å². The molecule has 2 amide bonds. The van der Waals surface area contributed by atoms with Crippen LogP contribution >= 0.6 is 0 Å². The van der Waals surface area contributed by atoms with Gasteiger partial charge in [-0.2, -0.15) is 0 Å². The molecule has 1 aliphatic rings. The molecule has 0 aromatic rings. The topological polar surface area (TPSA) is 102 Å². The van der Waals surface area contributed by atoms with Crippen LogP contribution in [-0.2, 0) is 14.3 Å². The predicted molar refractivity (Wildman–Crippen MR) is 41.7 cm³/mol. The Bertz CT molecular complexity index is 356. The van der Waals surface area contributed by atoms with Gasteiger partial charge in [-0.3, -0.25) is 9.59 Å². The van der Waals surface area contributed by atoms with Gasteiger partial charge >= 0.3 is 17.7 Å². The number of carbonyl (C=O) groups is 3. The molecule has 1 heterocycles. The number of amides is 2. The van der Waals surface area contributed by atoms with Crippen molar-refractivity contribution < 1.29 is 23.9 Å². The number of cyclic esters (lactones) is 1. The molecular weight excluding hydrogens is 190 g/mol. The van der Waals surface area contributed by atoms with Crippen LogP contribution in [0.2, 0.25) is 0 Å². The number of hydrogen-bond donors (Lipinski definition) is 1. The molecule has 1 fully saturated rings. The van der Waals surface area contributed by atoms with Gasteiger partial charge in [0.15, 0.2) is 0 Å². The average Bonchev–Trinajstić information content (AvgIpc) is 2.51. The molecule has 0 atom stereocenters. The minimum atomic E-state index is -0.880. The lowest BCUT2D eigenvalue weighted by molar-refractivity contribution is -0.147. The first kappa shape index (κ1) is 10.1. The van der Waals surface area contributed by atoms with E-state index in [1.54, 1.807) is 0 Å². The van der Waals surface area contributed by atoms with Crippen molar-refractivity contribution in [2.45, 2.75) is 6.92 Å². The second-order valence-electron chi connectivity index (χ2n) is 2.59. The summed E-state index contributed by atoms with van der Waals surface area (Å²) >= 11 is 0. The normalized spacial score (nSPS) is 14.6. The molecule has 0 aromatic carbocycles. The Kier molecular flexibility index (Phi) is 2.73. The fourth-order valence-corrected chi connectivity index (χ4v) is 0.983. The van der Waals surface area contributed by atoms with E-state index in [1.165, 1.54) is 0 Å². The van der Waals surface area contributed by atoms with Crippen molar-refractivity contribution in [3.05, 3.63) is 0 Å². The van der Waals surface area contributed by atoms with Crippen LogP contribution in [0.1, 0.15) is 6.92 Å². The van der Waals surface area contributed by atoms with E-state index in [0.29, 0.717) is 0 Å². The number of nitrogens with one attached hydrogen (secondary N) is 1. The summed E-state index contributed by atoms with van der Waals surface area (Å²) in [6, 6.07) is 0. The fraction of sp³-hybridized carbons (Fsp3) is 0.429. The SMILES string of the molecule is CC(=O)C(=[N+]=N)C(=O)N1CCOC1=O. The molecule has 0 aromatic heterocycles. The Labute approximate surface area is 78.9 Å². The van der Waals surface area contributed by atoms with Crippen LogP contribution in [0.5, 0.6) is 0 Å². The van der Waals surface area contributed by atoms with Crippen LogP contribution in [0.3, 0.4) is 0 Å². The van der Waals surface area contributed by atoms with E-state index < -0.39 is 23.5 Å². The molecule has 14 heavy (non-hydrogen) atoms. The molecule has 7 nitrogen and oxygen atoms in total. The summed E-state index contributed by atoms with van der Waals surface area (Å²) in [6.07, 6.45) is -0.808. The van der Waals surface area contributed by atoms with Gasteiger partial charge in [0.05, 0.1) is 16.9 Å². The summed E-state index contributed by atoms with van der Waals surface area (Å²) in [6.45, 7) is 1.30. The second kappa shape index (κ2) is 3.80. The molecule has 7 heteroatoms. The summed E-state index contributed by atoms with van der Waals surface area (Å²) in [7, 11) is 0. The number of nitrogens with zero attached hydrogens (tertiary/aromatic N) is 2. The number of ketones is 1. The number of rotatable bonds is 2. The lowest BCUT2D eigenvalue weighted by Gasteiger charge is -2.04. The van der Waals surface area contributed by atoms with Crippen molar-refractivity contribution in [3.8, 4) is 0 Å². The zero-order valence-electron chi connectivity index (χ0n) is 7.44. The second-order valence-corrected chi connectivity index (χ2v) is 2.59. The first-order chi connectivity index (χ1) is 6.57. The highest BCUT2D eigenvalue weighted by atomic mass is 16.6. The van der Waals surface area contributed by atoms with Gasteiger partial charge in [0.2, 0.25) is 0 Å². The Balaban J connectivity index is 2.89. The quantitative estimate of drug-likeness (QED) is 0.272. The summed E-state index contributed by atoms with van der Waals surface area (Å²) in [5.41, 5.74) is 6.05. The summed E-state index contributed by atoms with van der Waals surface area (Å²) in [4.78, 5) is 36.7. The van der Waals surface area contributed by atoms with Crippen molar-refractivity contribution >= 4 is 23.5 Å². The van der Waals surface area contributed by atoms with E-state index in [2.05, 4.69) is 9.53 Å². The molecule has 1 saturated heterocycles. The summed E-state index contributed by atoms with van der Waals surface area (Å²) < 4.78 is 4.50. The number of Topliss-reactive ketones (excluding diaryl/α,β-unsaturated/α-hetero) is 1. The Morgan fingerprint density at radius 3 is 2.57 bits per heavy atom. The van der Waals surface area contributed by atoms with Crippen molar-refractivity contribution in [1.29, 1.82) is 5.53 Å². The van der Waals surface area contributed by atoms with E-state index in [4.69, 9.17) is 5.53 Å². The molecule has 1 aliphatic heterocycles. The third kappa shape index (κ3) is 1.67. The van der Waals surface area contributed by atoms with E-state index in [9.17, 15) is 14.4 Å². The van der Waals surface area contributed by atoms with E-state index >= 15 is 0 Å². The molecule has 0 bridgehead atoms. The van der Waals surface area contributed by atoms with E-state index in [-0.39, 0.29) is 13.2 Å². The Morgan fingerprint density at radius 2 is 2.21 bits per heavy atom. The largest absolute Gasteiger partial charge is 0.471 e. The number of imide groups is 1. The van der Waals surface area contributed by atoms with Crippen molar-refractivity contribution in [2.24, 2.45) is 0 Å². The highest BCUT2D eigenvalue weighted by Gasteiger charge is 2.39. The molecule has 1 N–H and O–H groups in total. The van der Waals surface area contributed by atoms with Crippen molar-refractivity contribution in [1.82, 2.24) is 4.90 Å². The fourth-order valence-electron chi connectivity index (χ4n) is 0.983. The third-order valence-corrected chi connectivity index (χ3v) is 1.65. The zero-order valence-corrected chi connectivity index (χ0v) is 7.44. The minimum absolute atomic E-state index is 0.0873. The lowest BCUT2D eigenvalue weighted by Crippen LogP contribution is -2.40. The van der Waals surface area contributed by atoms with Gasteiger partial charge in [-0.25, -0.2) is 9.69 Å². The van der Waals surface area contributed by atoms with Gasteiger partial charge in [-0.15, -0.1) is 0 Å². The smallest absolute Gasteiger partial charge is 0.447 e. The van der Waals surface area contributed by atoms with Gasteiger partial charge in [-0.1, -0.05) is 0 Å². The molecule has 0 aliphatic carbocycles. The highest BCUT2D eigenvalue weighted by molar-refractivity contribution is 6.63. The van der Waals surface area contributed by atoms with E-state index in [0.717, 1.165) is 11.8 Å². The van der Waals surface area contributed by atoms with Crippen LogP contribution in [-0.4, -0.2) is 46.3 Å². The molecule has 0 spiro atoms. The first-order valence-corrected chi connectivity index (χ1v) is 3.82. The van der Waals surface area contributed by atoms with E-state index in [1.807, 2.05) is 0 Å². The third-order valence-electron chi connectivity index (χ3n) is 1.65. The predicted octanol–water partition coefficient (Wildman–Crippen LogP) is -0.766. The zero-order chi connectivity index (χ0) is 10.7. The summed E-state index contributed by atoms with van der Waals surface area (Å²) in [5.74, 6) is -1.53. The van der Waals surface area contributed by atoms with Crippen LogP contribution in [0, 0.1) is 5.53 Å². The molecule has 0 saturated carbocycles. The monoisotopic (exact) mass is 198 g/mol. The summed E-state index contributed by atoms with van der Waals surface area (Å²) in [5, 5.41) is 0. The number of carbonyl (C=O) groups excluding carboxylic acids is 3. The Hall–Kier alpha value is -2.01. The highest BCUT2D eigenvalue weighted by Crippen LogP contribution is 2.03. The van der Waals surface area contributed by atoms with Gasteiger partial charge in [-0.05, 0) is 0 Å². The maximum Gasteiger partial charge on any atom is 0.471 e. The molecule has 1 rings (SSSR count). The molecule has 74 valence electrons. The van der Waals surface area contributed by atoms with Gasteiger partial charge in [0, 0.05) is 6.92 Å². The van der Waals surface area contributed by atoms with Crippen molar-refractivity contribution in [3.63, 3.8) is 0 Å². The first-order valence-electron chi connectivity index (χ1n) is 3.82. The number of hydrogen-bond acceptors (Lipinski definition) is 5. The van der Waals surface area contributed by atoms with Gasteiger partial charge < -0.3 is 4.74 Å². The molecule has 0 radical (unpaired) electrons. The molecule has 0 unspecified atom stereocenters. The van der Waals surface area contributed by atoms with Crippen LogP contribution in [0.15, 0.2) is 0 Å². The maximum atomic E-state index is 11.4. The average molecular weight is 198 g/mol. The number of ether oxygens (including phenoxy) is 1. The van der Waals surface area contributed by atoms with Crippen LogP contribution < -0.4 is 0 Å². The lowest BCUT2D eigenvalue weighted by atomic mass is 10.2. The Morgan fingerprint density at radius 1 is 1.57 bits per heavy atom. The van der Waals surface area contributed by atoms with Crippen molar-refractivity contribution in [2.75, 3.05) is 13.2 Å². The molecular formula is C7H8N3O4+. The van der Waals surface area contributed by atoms with Crippen LogP contribution in [0.25, 0.3) is 0 Å². The minimum Gasteiger partial charge on any atom is -0.447 e. The van der Waals surface area contributed by atoms with Crippen LogP contribution in [0.4, 0.5) is 4.79 Å². The standard InChI is InChI=1S/C7H8N3O4/c1-4(11)5(9-8)6(12)10-2-3-14-7(10)13/h8H,2-3H2,1H3/q+1. The van der Waals surface area contributed by atoms with Gasteiger partial charge in [0.1, 0.15) is 6.61 Å².